The molecular weight excluding hydrogens is 294 g/mol. The lowest BCUT2D eigenvalue weighted by atomic mass is 10.3. The van der Waals surface area contributed by atoms with Gasteiger partial charge in [0.05, 0.1) is 10.4 Å². The first-order chi connectivity index (χ1) is 10.8. The lowest BCUT2D eigenvalue weighted by molar-refractivity contribution is 0.898. The third-order valence-electron chi connectivity index (χ3n) is 3.83. The standard InChI is InChI=1S/C16H17N5S/c1-11-13-14(19-15(17-11)21-9-5-6-10-21)20-16(22-13)18-12-7-3-2-4-8-12/h2-4,7-8H,5-6,9-10H2,1H3,(H,17,18,19,20). The van der Waals surface area contributed by atoms with E-state index in [0.717, 1.165) is 45.9 Å². The van der Waals surface area contributed by atoms with E-state index in [1.165, 1.54) is 12.8 Å². The number of rotatable bonds is 3. The molecule has 1 N–H and O–H groups in total. The van der Waals surface area contributed by atoms with Crippen molar-refractivity contribution in [3.8, 4) is 0 Å². The second kappa shape index (κ2) is 5.53. The number of hydrogen-bond acceptors (Lipinski definition) is 6. The van der Waals surface area contributed by atoms with E-state index in [4.69, 9.17) is 0 Å². The predicted molar refractivity (Wildman–Crippen MR) is 91.1 cm³/mol. The molecule has 0 atom stereocenters. The summed E-state index contributed by atoms with van der Waals surface area (Å²) < 4.78 is 1.06. The summed E-state index contributed by atoms with van der Waals surface area (Å²) in [4.78, 5) is 16.2. The molecule has 5 nitrogen and oxygen atoms in total. The summed E-state index contributed by atoms with van der Waals surface area (Å²) in [6.45, 7) is 4.13. The number of aromatic nitrogens is 3. The molecule has 0 bridgehead atoms. The molecule has 4 rings (SSSR count). The van der Waals surface area contributed by atoms with Crippen LogP contribution in [0.3, 0.4) is 0 Å². The van der Waals surface area contributed by atoms with Gasteiger partial charge in [0.25, 0.3) is 0 Å². The highest BCUT2D eigenvalue weighted by atomic mass is 32.1. The molecule has 0 amide bonds. The fourth-order valence-electron chi connectivity index (χ4n) is 2.70. The molecule has 1 aromatic carbocycles. The minimum absolute atomic E-state index is 0.790. The quantitative estimate of drug-likeness (QED) is 0.798. The van der Waals surface area contributed by atoms with E-state index >= 15 is 0 Å². The van der Waals surface area contributed by atoms with Gasteiger partial charge in [-0.15, -0.1) is 0 Å². The van der Waals surface area contributed by atoms with Crippen molar-refractivity contribution in [2.24, 2.45) is 0 Å². The Morgan fingerprint density at radius 1 is 1.05 bits per heavy atom. The van der Waals surface area contributed by atoms with Crippen LogP contribution >= 0.6 is 11.3 Å². The highest BCUT2D eigenvalue weighted by molar-refractivity contribution is 7.22. The molecule has 6 heteroatoms. The normalized spacial score (nSPS) is 14.7. The lowest BCUT2D eigenvalue weighted by Gasteiger charge is -2.14. The number of anilines is 3. The van der Waals surface area contributed by atoms with Crippen molar-refractivity contribution >= 4 is 38.5 Å². The smallest absolute Gasteiger partial charge is 0.227 e. The van der Waals surface area contributed by atoms with E-state index in [2.05, 4.69) is 25.2 Å². The maximum absolute atomic E-state index is 4.66. The molecule has 112 valence electrons. The molecule has 0 unspecified atom stereocenters. The molecular formula is C16H17N5S. The lowest BCUT2D eigenvalue weighted by Crippen LogP contribution is -2.20. The van der Waals surface area contributed by atoms with Gasteiger partial charge < -0.3 is 10.2 Å². The zero-order valence-electron chi connectivity index (χ0n) is 12.4. The number of aryl methyl sites for hydroxylation is 1. The molecule has 3 heterocycles. The molecule has 1 fully saturated rings. The number of nitrogens with one attached hydrogen (secondary N) is 1. The van der Waals surface area contributed by atoms with Crippen LogP contribution in [0, 0.1) is 6.92 Å². The number of benzene rings is 1. The van der Waals surface area contributed by atoms with Crippen molar-refractivity contribution in [1.82, 2.24) is 15.0 Å². The minimum Gasteiger partial charge on any atom is -0.341 e. The number of fused-ring (bicyclic) bond motifs is 1. The van der Waals surface area contributed by atoms with Gasteiger partial charge in [-0.2, -0.15) is 9.97 Å². The van der Waals surface area contributed by atoms with E-state index in [-0.39, 0.29) is 0 Å². The molecule has 0 radical (unpaired) electrons. The van der Waals surface area contributed by atoms with Crippen molar-refractivity contribution in [2.45, 2.75) is 19.8 Å². The summed E-state index contributed by atoms with van der Waals surface area (Å²) in [5.74, 6) is 0.819. The fourth-order valence-corrected chi connectivity index (χ4v) is 3.57. The first-order valence-corrected chi connectivity index (χ1v) is 8.33. The first kappa shape index (κ1) is 13.5. The Labute approximate surface area is 133 Å². The Kier molecular flexibility index (Phi) is 3.38. The van der Waals surface area contributed by atoms with Crippen molar-refractivity contribution in [3.63, 3.8) is 0 Å². The summed E-state index contributed by atoms with van der Waals surface area (Å²) >= 11 is 1.60. The number of hydrogen-bond donors (Lipinski definition) is 1. The molecule has 2 aromatic heterocycles. The van der Waals surface area contributed by atoms with Gasteiger partial charge in [0.1, 0.15) is 0 Å². The van der Waals surface area contributed by atoms with E-state index in [1.807, 2.05) is 37.3 Å². The number of para-hydroxylation sites is 1. The molecule has 3 aromatic rings. The topological polar surface area (TPSA) is 53.9 Å². The van der Waals surface area contributed by atoms with Gasteiger partial charge in [0, 0.05) is 18.8 Å². The maximum Gasteiger partial charge on any atom is 0.227 e. The zero-order valence-corrected chi connectivity index (χ0v) is 13.2. The molecule has 0 spiro atoms. The highest BCUT2D eigenvalue weighted by Gasteiger charge is 2.18. The van der Waals surface area contributed by atoms with Gasteiger partial charge in [-0.25, -0.2) is 4.98 Å². The van der Waals surface area contributed by atoms with Crippen LogP contribution in [0.1, 0.15) is 18.5 Å². The van der Waals surface area contributed by atoms with Crippen molar-refractivity contribution in [3.05, 3.63) is 36.0 Å². The largest absolute Gasteiger partial charge is 0.341 e. The van der Waals surface area contributed by atoms with Crippen LogP contribution < -0.4 is 10.2 Å². The Balaban J connectivity index is 1.69. The SMILES string of the molecule is Cc1nc(N2CCCC2)nc2nc(Nc3ccccc3)sc12. The molecule has 22 heavy (non-hydrogen) atoms. The maximum atomic E-state index is 4.66. The number of thiazole rings is 1. The van der Waals surface area contributed by atoms with Crippen LogP contribution in [0.15, 0.2) is 30.3 Å². The Morgan fingerprint density at radius 2 is 1.82 bits per heavy atom. The average Bonchev–Trinajstić information content (AvgIpc) is 3.17. The van der Waals surface area contributed by atoms with Gasteiger partial charge >= 0.3 is 0 Å². The molecule has 1 aliphatic rings. The minimum atomic E-state index is 0.790. The average molecular weight is 311 g/mol. The van der Waals surface area contributed by atoms with E-state index in [9.17, 15) is 0 Å². The third-order valence-corrected chi connectivity index (χ3v) is 4.89. The first-order valence-electron chi connectivity index (χ1n) is 7.52. The van der Waals surface area contributed by atoms with E-state index in [1.54, 1.807) is 11.3 Å². The van der Waals surface area contributed by atoms with Gasteiger partial charge in [-0.3, -0.25) is 0 Å². The summed E-state index contributed by atoms with van der Waals surface area (Å²) in [7, 11) is 0. The highest BCUT2D eigenvalue weighted by Crippen LogP contribution is 2.30. The predicted octanol–water partition coefficient (Wildman–Crippen LogP) is 3.74. The molecule has 1 saturated heterocycles. The van der Waals surface area contributed by atoms with Gasteiger partial charge in [-0.1, -0.05) is 29.5 Å². The Hall–Kier alpha value is -2.21. The second-order valence-corrected chi connectivity index (χ2v) is 6.47. The summed E-state index contributed by atoms with van der Waals surface area (Å²) in [5, 5.41) is 4.19. The monoisotopic (exact) mass is 311 g/mol. The molecule has 0 saturated carbocycles. The van der Waals surface area contributed by atoms with Crippen LogP contribution in [-0.4, -0.2) is 28.0 Å². The van der Waals surface area contributed by atoms with Crippen molar-refractivity contribution in [2.75, 3.05) is 23.3 Å². The van der Waals surface area contributed by atoms with Crippen molar-refractivity contribution in [1.29, 1.82) is 0 Å². The summed E-state index contributed by atoms with van der Waals surface area (Å²) in [5.41, 5.74) is 2.83. The van der Waals surface area contributed by atoms with E-state index < -0.39 is 0 Å². The van der Waals surface area contributed by atoms with Crippen LogP contribution in [0.5, 0.6) is 0 Å². The van der Waals surface area contributed by atoms with E-state index in [0.29, 0.717) is 0 Å². The molecule has 0 aliphatic carbocycles. The van der Waals surface area contributed by atoms with Crippen LogP contribution in [0.25, 0.3) is 10.3 Å². The Morgan fingerprint density at radius 3 is 2.59 bits per heavy atom. The molecule has 1 aliphatic heterocycles. The third kappa shape index (κ3) is 2.50. The van der Waals surface area contributed by atoms with Crippen molar-refractivity contribution < 1.29 is 0 Å². The zero-order chi connectivity index (χ0) is 14.9. The van der Waals surface area contributed by atoms with Crippen LogP contribution in [0.4, 0.5) is 16.8 Å². The van der Waals surface area contributed by atoms with Crippen LogP contribution in [-0.2, 0) is 0 Å². The summed E-state index contributed by atoms with van der Waals surface area (Å²) in [6, 6.07) is 10.1. The number of nitrogens with zero attached hydrogens (tertiary/aromatic N) is 4. The summed E-state index contributed by atoms with van der Waals surface area (Å²) in [6.07, 6.45) is 2.44. The van der Waals surface area contributed by atoms with Gasteiger partial charge in [0.15, 0.2) is 10.8 Å². The second-order valence-electron chi connectivity index (χ2n) is 5.47. The van der Waals surface area contributed by atoms with Gasteiger partial charge in [-0.05, 0) is 31.9 Å². The van der Waals surface area contributed by atoms with Gasteiger partial charge in [0.2, 0.25) is 5.95 Å². The Bertz CT molecular complexity index is 793. The van der Waals surface area contributed by atoms with Crippen LogP contribution in [0.2, 0.25) is 0 Å². The fraction of sp³-hybridized carbons (Fsp3) is 0.312.